The standard InChI is InChI=1S/C48H31NO3S/c50-53(51)46-30-34(38-20-9-7-18-36(38)32-14-3-1-4-15-32)26-28-42(46)49(44-24-13-23-41-40-22-11-12-25-45(40)52-48(41)44)43-29-27-35(31-47(43)53)39-21-10-8-19-37(39)33-16-5-2-6-17-33/h1-31H. The maximum absolute atomic E-state index is 15.1. The van der Waals surface area contributed by atoms with Gasteiger partial charge in [0.25, 0.3) is 0 Å². The van der Waals surface area contributed by atoms with E-state index in [1.54, 1.807) is 0 Å². The lowest BCUT2D eigenvalue weighted by molar-refractivity contribution is 0.595. The van der Waals surface area contributed by atoms with Gasteiger partial charge in [0.2, 0.25) is 9.84 Å². The first-order chi connectivity index (χ1) is 26.1. The van der Waals surface area contributed by atoms with E-state index in [-0.39, 0.29) is 9.79 Å². The van der Waals surface area contributed by atoms with E-state index in [1.807, 2.05) is 127 Å². The zero-order chi connectivity index (χ0) is 35.5. The molecule has 5 heteroatoms. The highest BCUT2D eigenvalue weighted by molar-refractivity contribution is 7.92. The molecule has 0 unspecified atom stereocenters. The van der Waals surface area contributed by atoms with Gasteiger partial charge in [-0.2, -0.15) is 0 Å². The number of rotatable bonds is 5. The van der Waals surface area contributed by atoms with Crippen molar-refractivity contribution in [3.63, 3.8) is 0 Å². The Balaban J connectivity index is 1.23. The quantitative estimate of drug-likeness (QED) is 0.179. The number of anilines is 3. The lowest BCUT2D eigenvalue weighted by atomic mass is 9.94. The largest absolute Gasteiger partial charge is 0.454 e. The molecular formula is C48H31NO3S. The minimum atomic E-state index is -4.01. The molecule has 0 spiro atoms. The lowest BCUT2D eigenvalue weighted by Crippen LogP contribution is -2.22. The van der Waals surface area contributed by atoms with Crippen LogP contribution in [-0.2, 0) is 9.84 Å². The van der Waals surface area contributed by atoms with Gasteiger partial charge in [0.15, 0.2) is 5.58 Å². The highest BCUT2D eigenvalue weighted by Gasteiger charge is 2.37. The Bertz CT molecular complexity index is 2830. The van der Waals surface area contributed by atoms with Crippen LogP contribution in [0.25, 0.3) is 66.4 Å². The Kier molecular flexibility index (Phi) is 7.17. The van der Waals surface area contributed by atoms with E-state index in [0.29, 0.717) is 17.0 Å². The molecule has 8 aromatic carbocycles. The third kappa shape index (κ3) is 5.01. The van der Waals surface area contributed by atoms with E-state index in [2.05, 4.69) is 65.6 Å². The van der Waals surface area contributed by atoms with Crippen molar-refractivity contribution in [1.29, 1.82) is 0 Å². The number of hydrogen-bond acceptors (Lipinski definition) is 4. The van der Waals surface area contributed by atoms with Gasteiger partial charge >= 0.3 is 0 Å². The van der Waals surface area contributed by atoms with Crippen molar-refractivity contribution >= 4 is 48.8 Å². The smallest absolute Gasteiger partial charge is 0.210 e. The molecular weight excluding hydrogens is 671 g/mol. The summed E-state index contributed by atoms with van der Waals surface area (Å²) in [6, 6.07) is 62.4. The molecule has 0 radical (unpaired) electrons. The van der Waals surface area contributed by atoms with E-state index in [0.717, 1.165) is 66.6 Å². The number of sulfone groups is 1. The molecule has 1 aliphatic heterocycles. The molecule has 252 valence electrons. The molecule has 1 aliphatic rings. The second-order valence-electron chi connectivity index (χ2n) is 13.3. The van der Waals surface area contributed by atoms with Gasteiger partial charge in [0.05, 0.1) is 26.9 Å². The molecule has 0 saturated heterocycles. The van der Waals surface area contributed by atoms with Crippen LogP contribution in [0.4, 0.5) is 17.1 Å². The van der Waals surface area contributed by atoms with Gasteiger partial charge in [-0.25, -0.2) is 8.42 Å². The van der Waals surface area contributed by atoms with Crippen molar-refractivity contribution in [3.05, 3.63) is 188 Å². The molecule has 0 saturated carbocycles. The van der Waals surface area contributed by atoms with E-state index >= 15 is 8.42 Å². The number of nitrogens with zero attached hydrogens (tertiary/aromatic N) is 1. The van der Waals surface area contributed by atoms with Crippen molar-refractivity contribution in [2.24, 2.45) is 0 Å². The van der Waals surface area contributed by atoms with Gasteiger partial charge < -0.3 is 9.32 Å². The van der Waals surface area contributed by atoms with Gasteiger partial charge in [-0.3, -0.25) is 0 Å². The minimum absolute atomic E-state index is 0.243. The Labute approximate surface area is 307 Å². The third-order valence-electron chi connectivity index (χ3n) is 10.3. The van der Waals surface area contributed by atoms with Crippen LogP contribution >= 0.6 is 0 Å². The first kappa shape index (κ1) is 31.1. The van der Waals surface area contributed by atoms with Crippen LogP contribution in [0.1, 0.15) is 0 Å². The molecule has 10 rings (SSSR count). The van der Waals surface area contributed by atoms with E-state index < -0.39 is 9.84 Å². The minimum Gasteiger partial charge on any atom is -0.454 e. The van der Waals surface area contributed by atoms with E-state index in [4.69, 9.17) is 4.42 Å². The van der Waals surface area contributed by atoms with Crippen LogP contribution in [0, 0.1) is 0 Å². The molecule has 0 bridgehead atoms. The number of para-hydroxylation sites is 2. The molecule has 9 aromatic rings. The van der Waals surface area contributed by atoms with Crippen LogP contribution < -0.4 is 4.90 Å². The van der Waals surface area contributed by atoms with Crippen LogP contribution in [0.5, 0.6) is 0 Å². The van der Waals surface area contributed by atoms with Crippen LogP contribution in [0.15, 0.2) is 202 Å². The summed E-state index contributed by atoms with van der Waals surface area (Å²) in [4.78, 5) is 2.54. The second kappa shape index (κ2) is 12.2. The number of furan rings is 1. The van der Waals surface area contributed by atoms with Crippen LogP contribution in [0.2, 0.25) is 0 Å². The Morgan fingerprint density at radius 1 is 0.377 bits per heavy atom. The average Bonchev–Trinajstić information content (AvgIpc) is 3.61. The predicted molar refractivity (Wildman–Crippen MR) is 216 cm³/mol. The maximum Gasteiger partial charge on any atom is 0.210 e. The highest BCUT2D eigenvalue weighted by Crippen LogP contribution is 2.52. The molecule has 53 heavy (non-hydrogen) atoms. The van der Waals surface area contributed by atoms with Crippen LogP contribution in [0.3, 0.4) is 0 Å². The van der Waals surface area contributed by atoms with Gasteiger partial charge in [-0.15, -0.1) is 0 Å². The van der Waals surface area contributed by atoms with Gasteiger partial charge in [-0.1, -0.05) is 152 Å². The Morgan fingerprint density at radius 2 is 0.830 bits per heavy atom. The first-order valence-electron chi connectivity index (χ1n) is 17.6. The Morgan fingerprint density at radius 3 is 1.38 bits per heavy atom. The maximum atomic E-state index is 15.1. The molecule has 2 heterocycles. The molecule has 1 aromatic heterocycles. The zero-order valence-corrected chi connectivity index (χ0v) is 29.3. The van der Waals surface area contributed by atoms with E-state index in [9.17, 15) is 0 Å². The average molecular weight is 702 g/mol. The third-order valence-corrected chi connectivity index (χ3v) is 12.1. The number of fused-ring (bicyclic) bond motifs is 5. The van der Waals surface area contributed by atoms with Gasteiger partial charge in [0.1, 0.15) is 5.58 Å². The molecule has 0 atom stereocenters. The van der Waals surface area contributed by atoms with Gasteiger partial charge in [-0.05, 0) is 80.9 Å². The summed E-state index contributed by atoms with van der Waals surface area (Å²) in [5, 5.41) is 1.98. The molecule has 0 fully saturated rings. The lowest BCUT2D eigenvalue weighted by Gasteiger charge is -2.33. The summed E-state index contributed by atoms with van der Waals surface area (Å²) in [6.45, 7) is 0. The fourth-order valence-electron chi connectivity index (χ4n) is 7.79. The monoisotopic (exact) mass is 701 g/mol. The molecule has 0 aliphatic carbocycles. The van der Waals surface area contributed by atoms with Crippen molar-refractivity contribution in [2.75, 3.05) is 4.90 Å². The number of benzene rings is 8. The SMILES string of the molecule is O=S1(=O)c2cc(-c3ccccc3-c3ccccc3)ccc2N(c2cccc3c2oc2ccccc23)c2ccc(-c3ccccc3-c3ccccc3)cc21. The summed E-state index contributed by atoms with van der Waals surface area (Å²) in [7, 11) is -4.01. The molecule has 0 amide bonds. The van der Waals surface area contributed by atoms with Crippen molar-refractivity contribution in [2.45, 2.75) is 9.79 Å². The second-order valence-corrected chi connectivity index (χ2v) is 15.2. The van der Waals surface area contributed by atoms with Crippen molar-refractivity contribution in [3.8, 4) is 44.5 Å². The van der Waals surface area contributed by atoms with Crippen molar-refractivity contribution < 1.29 is 12.8 Å². The Hall–Kier alpha value is -6.69. The normalized spacial score (nSPS) is 13.2. The summed E-state index contributed by atoms with van der Waals surface area (Å²) < 4.78 is 36.8. The number of hydrogen-bond donors (Lipinski definition) is 0. The zero-order valence-electron chi connectivity index (χ0n) is 28.5. The fourth-order valence-corrected chi connectivity index (χ4v) is 9.46. The van der Waals surface area contributed by atoms with Crippen LogP contribution in [-0.4, -0.2) is 8.42 Å². The first-order valence-corrected chi connectivity index (χ1v) is 19.1. The fraction of sp³-hybridized carbons (Fsp3) is 0. The summed E-state index contributed by atoms with van der Waals surface area (Å²) >= 11 is 0. The predicted octanol–water partition coefficient (Wildman–Crippen LogP) is 12.9. The topological polar surface area (TPSA) is 50.5 Å². The summed E-state index contributed by atoms with van der Waals surface area (Å²) in [5.41, 5.74) is 11.1. The summed E-state index contributed by atoms with van der Waals surface area (Å²) in [5.74, 6) is 0. The molecule has 4 nitrogen and oxygen atoms in total. The summed E-state index contributed by atoms with van der Waals surface area (Å²) in [6.07, 6.45) is 0. The van der Waals surface area contributed by atoms with Crippen molar-refractivity contribution in [1.82, 2.24) is 0 Å². The van der Waals surface area contributed by atoms with Gasteiger partial charge in [0, 0.05) is 10.8 Å². The highest BCUT2D eigenvalue weighted by atomic mass is 32.2. The molecule has 0 N–H and O–H groups in total. The van der Waals surface area contributed by atoms with E-state index in [1.165, 1.54) is 0 Å².